The second-order valence-corrected chi connectivity index (χ2v) is 7.81. The van der Waals surface area contributed by atoms with Gasteiger partial charge >= 0.3 is 0 Å². The van der Waals surface area contributed by atoms with Crippen LogP contribution >= 0.6 is 36.6 Å². The highest BCUT2D eigenvalue weighted by atomic mass is 35.5. The predicted molar refractivity (Wildman–Crippen MR) is 115 cm³/mol. The van der Waals surface area contributed by atoms with Gasteiger partial charge in [-0.2, -0.15) is 11.8 Å². The second-order valence-electron chi connectivity index (χ2n) is 6.66. The van der Waals surface area contributed by atoms with Crippen LogP contribution in [0.4, 0.5) is 0 Å². The minimum Gasteiger partial charge on any atom is -0.385 e. The molecule has 0 aliphatic carbocycles. The Hall–Kier alpha value is -0.250. The van der Waals surface area contributed by atoms with Gasteiger partial charge in [0.1, 0.15) is 0 Å². The van der Waals surface area contributed by atoms with Gasteiger partial charge in [-0.25, -0.2) is 0 Å². The number of hydrogen-bond acceptors (Lipinski definition) is 6. The number of methoxy groups -OCH3 is 1. The van der Waals surface area contributed by atoms with E-state index >= 15 is 0 Å². The maximum Gasteiger partial charge on any atom is 0.237 e. The van der Waals surface area contributed by atoms with Gasteiger partial charge in [0.2, 0.25) is 11.8 Å². The standard InChI is InChI=1S/C17H32N4O3S.2ClH/c1-14(17(23)19-4-3-10-24-2)20-6-8-21(9-7-20)16(22)12-15-13-25-11-5-18-15;;/h14-15,18H,3-13H2,1-2H3,(H,19,23);2*1H. The molecule has 2 aliphatic rings. The molecule has 2 saturated heterocycles. The lowest BCUT2D eigenvalue weighted by Gasteiger charge is -2.38. The first-order chi connectivity index (χ1) is 12.1. The topological polar surface area (TPSA) is 73.9 Å². The zero-order chi connectivity index (χ0) is 18.1. The van der Waals surface area contributed by atoms with E-state index in [1.54, 1.807) is 7.11 Å². The molecule has 2 N–H and O–H groups in total. The lowest BCUT2D eigenvalue weighted by Crippen LogP contribution is -2.55. The maximum absolute atomic E-state index is 12.4. The molecule has 2 atom stereocenters. The molecule has 0 bridgehead atoms. The zero-order valence-electron chi connectivity index (χ0n) is 16.3. The Labute approximate surface area is 179 Å². The van der Waals surface area contributed by atoms with Gasteiger partial charge in [-0.05, 0) is 13.3 Å². The number of nitrogens with zero attached hydrogens (tertiary/aromatic N) is 2. The molecule has 2 aliphatic heterocycles. The fourth-order valence-electron chi connectivity index (χ4n) is 3.19. The third-order valence-corrected chi connectivity index (χ3v) is 5.97. The van der Waals surface area contributed by atoms with Crippen molar-refractivity contribution < 1.29 is 14.3 Å². The van der Waals surface area contributed by atoms with Crippen LogP contribution in [0.5, 0.6) is 0 Å². The van der Waals surface area contributed by atoms with Crippen molar-refractivity contribution in [2.24, 2.45) is 0 Å². The van der Waals surface area contributed by atoms with Crippen molar-refractivity contribution in [2.75, 3.05) is 64.5 Å². The summed E-state index contributed by atoms with van der Waals surface area (Å²) < 4.78 is 4.98. The molecule has 160 valence electrons. The van der Waals surface area contributed by atoms with Crippen molar-refractivity contribution in [3.8, 4) is 0 Å². The van der Waals surface area contributed by atoms with Crippen LogP contribution in [0.3, 0.4) is 0 Å². The van der Waals surface area contributed by atoms with Crippen LogP contribution in [0.2, 0.25) is 0 Å². The van der Waals surface area contributed by atoms with Crippen molar-refractivity contribution in [1.29, 1.82) is 0 Å². The van der Waals surface area contributed by atoms with Gasteiger partial charge in [-0.3, -0.25) is 14.5 Å². The zero-order valence-corrected chi connectivity index (χ0v) is 18.7. The highest BCUT2D eigenvalue weighted by Crippen LogP contribution is 2.13. The molecular formula is C17H34Cl2N4O3S. The van der Waals surface area contributed by atoms with Gasteiger partial charge in [0.05, 0.1) is 6.04 Å². The van der Waals surface area contributed by atoms with Crippen molar-refractivity contribution in [2.45, 2.75) is 31.8 Å². The Morgan fingerprint density at radius 3 is 2.56 bits per heavy atom. The molecule has 2 heterocycles. The van der Waals surface area contributed by atoms with Crippen LogP contribution in [0.1, 0.15) is 19.8 Å². The summed E-state index contributed by atoms with van der Waals surface area (Å²) in [4.78, 5) is 28.7. The predicted octanol–water partition coefficient (Wildman–Crippen LogP) is 0.611. The summed E-state index contributed by atoms with van der Waals surface area (Å²) >= 11 is 1.91. The molecule has 0 saturated carbocycles. The Morgan fingerprint density at radius 1 is 1.26 bits per heavy atom. The molecule has 7 nitrogen and oxygen atoms in total. The van der Waals surface area contributed by atoms with Crippen molar-refractivity contribution >= 4 is 48.4 Å². The van der Waals surface area contributed by atoms with E-state index in [4.69, 9.17) is 4.74 Å². The van der Waals surface area contributed by atoms with Gasteiger partial charge in [0.25, 0.3) is 0 Å². The maximum atomic E-state index is 12.4. The lowest BCUT2D eigenvalue weighted by atomic mass is 10.1. The minimum absolute atomic E-state index is 0. The van der Waals surface area contributed by atoms with Crippen LogP contribution in [-0.2, 0) is 14.3 Å². The van der Waals surface area contributed by atoms with E-state index in [0.717, 1.165) is 37.6 Å². The third-order valence-electron chi connectivity index (χ3n) is 4.84. The number of halogens is 2. The number of carbonyl (C=O) groups excluding carboxylic acids is 2. The van der Waals surface area contributed by atoms with Crippen molar-refractivity contribution in [3.05, 3.63) is 0 Å². The number of amides is 2. The van der Waals surface area contributed by atoms with E-state index < -0.39 is 0 Å². The average Bonchev–Trinajstić information content (AvgIpc) is 2.65. The fourth-order valence-corrected chi connectivity index (χ4v) is 4.14. The number of carbonyl (C=O) groups is 2. The van der Waals surface area contributed by atoms with Gasteiger partial charge in [0, 0.05) is 77.0 Å². The van der Waals surface area contributed by atoms with E-state index in [1.807, 2.05) is 23.6 Å². The van der Waals surface area contributed by atoms with Crippen LogP contribution < -0.4 is 10.6 Å². The molecule has 0 aromatic carbocycles. The first kappa shape index (κ1) is 26.8. The molecule has 2 rings (SSSR count). The van der Waals surface area contributed by atoms with E-state index in [0.29, 0.717) is 38.7 Å². The van der Waals surface area contributed by atoms with Crippen molar-refractivity contribution in [3.63, 3.8) is 0 Å². The van der Waals surface area contributed by atoms with Gasteiger partial charge < -0.3 is 20.3 Å². The average molecular weight is 445 g/mol. The van der Waals surface area contributed by atoms with Gasteiger partial charge in [0.15, 0.2) is 0 Å². The summed E-state index contributed by atoms with van der Waals surface area (Å²) in [5.41, 5.74) is 0. The summed E-state index contributed by atoms with van der Waals surface area (Å²) in [6.45, 7) is 7.15. The minimum atomic E-state index is -0.156. The normalized spacial score (nSPS) is 21.6. The van der Waals surface area contributed by atoms with Crippen molar-refractivity contribution in [1.82, 2.24) is 20.4 Å². The molecule has 2 unspecified atom stereocenters. The Bertz CT molecular complexity index is 434. The fraction of sp³-hybridized carbons (Fsp3) is 0.882. The van der Waals surface area contributed by atoms with Crippen LogP contribution in [0.15, 0.2) is 0 Å². The molecule has 0 aromatic rings. The highest BCUT2D eigenvalue weighted by molar-refractivity contribution is 7.99. The lowest BCUT2D eigenvalue weighted by molar-refractivity contribution is -0.134. The number of hydrogen-bond donors (Lipinski definition) is 2. The molecular weight excluding hydrogens is 411 g/mol. The molecule has 0 radical (unpaired) electrons. The number of rotatable bonds is 8. The second kappa shape index (κ2) is 14.7. The van der Waals surface area contributed by atoms with Gasteiger partial charge in [-0.15, -0.1) is 24.8 Å². The molecule has 2 amide bonds. The third kappa shape index (κ3) is 9.19. The summed E-state index contributed by atoms with van der Waals surface area (Å²) in [5.74, 6) is 2.44. The van der Waals surface area contributed by atoms with E-state index in [9.17, 15) is 9.59 Å². The SMILES string of the molecule is COCCCNC(=O)C(C)N1CCN(C(=O)CC2CSCCN2)CC1.Cl.Cl. The molecule has 0 aromatic heterocycles. The number of piperazine rings is 1. The molecule has 2 fully saturated rings. The number of thioether (sulfide) groups is 1. The largest absolute Gasteiger partial charge is 0.385 e. The van der Waals surface area contributed by atoms with Crippen LogP contribution in [0.25, 0.3) is 0 Å². The quantitative estimate of drug-likeness (QED) is 0.534. The van der Waals surface area contributed by atoms with Crippen LogP contribution in [-0.4, -0.2) is 98.2 Å². The van der Waals surface area contributed by atoms with E-state index in [1.165, 1.54) is 0 Å². The highest BCUT2D eigenvalue weighted by Gasteiger charge is 2.28. The summed E-state index contributed by atoms with van der Waals surface area (Å²) in [5, 5.41) is 6.37. The molecule has 27 heavy (non-hydrogen) atoms. The number of nitrogens with one attached hydrogen (secondary N) is 2. The smallest absolute Gasteiger partial charge is 0.237 e. The summed E-state index contributed by atoms with van der Waals surface area (Å²) in [6.07, 6.45) is 1.41. The summed E-state index contributed by atoms with van der Waals surface area (Å²) in [6, 6.07) is 0.150. The number of ether oxygens (including phenoxy) is 1. The summed E-state index contributed by atoms with van der Waals surface area (Å²) in [7, 11) is 1.66. The van der Waals surface area contributed by atoms with E-state index in [2.05, 4.69) is 15.5 Å². The Balaban J connectivity index is 0.00000338. The monoisotopic (exact) mass is 444 g/mol. The first-order valence-electron chi connectivity index (χ1n) is 9.21. The molecule has 10 heteroatoms. The van der Waals surface area contributed by atoms with E-state index in [-0.39, 0.29) is 42.7 Å². The Kier molecular flexibility index (Phi) is 14.6. The van der Waals surface area contributed by atoms with Crippen LogP contribution in [0, 0.1) is 0 Å². The van der Waals surface area contributed by atoms with Gasteiger partial charge in [-0.1, -0.05) is 0 Å². The first-order valence-corrected chi connectivity index (χ1v) is 10.4. The Morgan fingerprint density at radius 2 is 1.96 bits per heavy atom. The molecule has 0 spiro atoms.